The lowest BCUT2D eigenvalue weighted by Gasteiger charge is -2.32. The molecule has 23 heavy (non-hydrogen) atoms. The number of carbonyl (C=O) groups excluding carboxylic acids is 1. The summed E-state index contributed by atoms with van der Waals surface area (Å²) < 4.78 is 10.4. The molecule has 1 aromatic carbocycles. The summed E-state index contributed by atoms with van der Waals surface area (Å²) in [5, 5.41) is 3.86. The number of rotatable bonds is 6. The highest BCUT2D eigenvalue weighted by Crippen LogP contribution is 2.26. The van der Waals surface area contributed by atoms with Crippen LogP contribution in [0.1, 0.15) is 31.7 Å². The summed E-state index contributed by atoms with van der Waals surface area (Å²) in [7, 11) is 3.16. The molecule has 1 amide bonds. The van der Waals surface area contributed by atoms with Gasteiger partial charge in [-0.3, -0.25) is 4.79 Å². The fraction of sp³-hybridized carbons (Fsp3) is 0.529. The highest BCUT2D eigenvalue weighted by Gasteiger charge is 2.23. The first kappa shape index (κ1) is 17.1. The van der Waals surface area contributed by atoms with E-state index in [1.807, 2.05) is 11.0 Å². The first-order chi connectivity index (χ1) is 11.2. The average Bonchev–Trinajstić information content (AvgIpc) is 2.58. The van der Waals surface area contributed by atoms with Gasteiger partial charge in [0.15, 0.2) is 18.1 Å². The quantitative estimate of drug-likeness (QED) is 0.597. The van der Waals surface area contributed by atoms with Crippen LogP contribution in [0.2, 0.25) is 0 Å². The van der Waals surface area contributed by atoms with Crippen LogP contribution in [-0.2, 0) is 9.63 Å². The Morgan fingerprint density at radius 2 is 2.09 bits per heavy atom. The molecule has 1 fully saturated rings. The van der Waals surface area contributed by atoms with Crippen LogP contribution >= 0.6 is 0 Å². The molecule has 0 aliphatic carbocycles. The van der Waals surface area contributed by atoms with Crippen molar-refractivity contribution in [1.82, 2.24) is 4.90 Å². The molecule has 0 bridgehead atoms. The van der Waals surface area contributed by atoms with Crippen molar-refractivity contribution in [2.75, 3.05) is 27.4 Å². The van der Waals surface area contributed by atoms with E-state index in [2.05, 4.69) is 12.1 Å². The van der Waals surface area contributed by atoms with E-state index in [9.17, 15) is 4.79 Å². The van der Waals surface area contributed by atoms with Crippen molar-refractivity contribution in [3.05, 3.63) is 23.8 Å². The highest BCUT2D eigenvalue weighted by atomic mass is 16.6. The minimum Gasteiger partial charge on any atom is -0.493 e. The van der Waals surface area contributed by atoms with Crippen LogP contribution in [0.3, 0.4) is 0 Å². The Bertz CT molecular complexity index is 560. The fourth-order valence-corrected chi connectivity index (χ4v) is 2.68. The van der Waals surface area contributed by atoms with Crippen LogP contribution in [0.4, 0.5) is 0 Å². The van der Waals surface area contributed by atoms with Gasteiger partial charge in [0.05, 0.1) is 20.4 Å². The Morgan fingerprint density at radius 3 is 2.78 bits per heavy atom. The van der Waals surface area contributed by atoms with E-state index in [0.717, 1.165) is 24.9 Å². The van der Waals surface area contributed by atoms with E-state index in [0.29, 0.717) is 11.5 Å². The highest BCUT2D eigenvalue weighted by molar-refractivity contribution is 5.81. The van der Waals surface area contributed by atoms with Crippen molar-refractivity contribution in [2.45, 2.75) is 32.2 Å². The third-order valence-corrected chi connectivity index (χ3v) is 4.00. The maximum atomic E-state index is 12.1. The second-order valence-corrected chi connectivity index (χ2v) is 5.55. The molecule has 0 N–H and O–H groups in total. The lowest BCUT2D eigenvalue weighted by Crippen LogP contribution is -2.43. The smallest absolute Gasteiger partial charge is 0.263 e. The van der Waals surface area contributed by atoms with Crippen molar-refractivity contribution < 1.29 is 19.1 Å². The van der Waals surface area contributed by atoms with E-state index >= 15 is 0 Å². The zero-order chi connectivity index (χ0) is 16.7. The number of hydrogen-bond acceptors (Lipinski definition) is 5. The van der Waals surface area contributed by atoms with Crippen molar-refractivity contribution in [3.8, 4) is 11.5 Å². The van der Waals surface area contributed by atoms with E-state index < -0.39 is 0 Å². The number of likely N-dealkylation sites (tertiary alicyclic amines) is 1. The molecule has 1 aromatic rings. The molecule has 6 heteroatoms. The number of oxime groups is 1. The summed E-state index contributed by atoms with van der Waals surface area (Å²) in [5.74, 6) is 1.26. The lowest BCUT2D eigenvalue weighted by molar-refractivity contribution is -0.139. The Balaban J connectivity index is 1.85. The Morgan fingerprint density at radius 1 is 1.30 bits per heavy atom. The van der Waals surface area contributed by atoms with Crippen molar-refractivity contribution >= 4 is 12.1 Å². The number of hydrogen-bond donors (Lipinski definition) is 0. The normalized spacial score (nSPS) is 18.0. The van der Waals surface area contributed by atoms with E-state index in [4.69, 9.17) is 14.3 Å². The van der Waals surface area contributed by atoms with Crippen LogP contribution in [0, 0.1) is 0 Å². The van der Waals surface area contributed by atoms with Gasteiger partial charge in [-0.1, -0.05) is 5.16 Å². The molecule has 0 unspecified atom stereocenters. The van der Waals surface area contributed by atoms with E-state index in [1.165, 1.54) is 6.42 Å². The van der Waals surface area contributed by atoms with Crippen molar-refractivity contribution in [1.29, 1.82) is 0 Å². The lowest BCUT2D eigenvalue weighted by atomic mass is 10.0. The van der Waals surface area contributed by atoms with Gasteiger partial charge in [-0.25, -0.2) is 0 Å². The largest absolute Gasteiger partial charge is 0.493 e. The Hall–Kier alpha value is -2.24. The molecule has 2 rings (SSSR count). The van der Waals surface area contributed by atoms with Crippen LogP contribution in [-0.4, -0.2) is 50.4 Å². The molecule has 0 radical (unpaired) electrons. The third kappa shape index (κ3) is 4.61. The van der Waals surface area contributed by atoms with Gasteiger partial charge in [0.1, 0.15) is 0 Å². The summed E-state index contributed by atoms with van der Waals surface area (Å²) >= 11 is 0. The standard InChI is InChI=1S/C17H24N2O4/c1-13-6-4-5-9-19(13)17(20)12-23-18-11-14-7-8-15(21-2)16(10-14)22-3/h7-8,10-11,13H,4-6,9,12H2,1-3H3/b18-11-/t13-/m1/s1. The monoisotopic (exact) mass is 320 g/mol. The predicted molar refractivity (Wildman–Crippen MR) is 88.1 cm³/mol. The number of nitrogens with zero attached hydrogens (tertiary/aromatic N) is 2. The first-order valence-electron chi connectivity index (χ1n) is 7.82. The third-order valence-electron chi connectivity index (χ3n) is 4.00. The van der Waals surface area contributed by atoms with Gasteiger partial charge >= 0.3 is 0 Å². The second-order valence-electron chi connectivity index (χ2n) is 5.55. The molecule has 1 aliphatic heterocycles. The molecule has 0 spiro atoms. The molecule has 0 aromatic heterocycles. The first-order valence-corrected chi connectivity index (χ1v) is 7.82. The number of amides is 1. The molecule has 6 nitrogen and oxygen atoms in total. The molecule has 1 atom stereocenters. The van der Waals surface area contributed by atoms with Gasteiger partial charge < -0.3 is 19.2 Å². The van der Waals surface area contributed by atoms with Gasteiger partial charge in [0.25, 0.3) is 5.91 Å². The van der Waals surface area contributed by atoms with Crippen LogP contribution in [0.5, 0.6) is 11.5 Å². The van der Waals surface area contributed by atoms with E-state index in [1.54, 1.807) is 32.6 Å². The van der Waals surface area contributed by atoms with Crippen LogP contribution < -0.4 is 9.47 Å². The van der Waals surface area contributed by atoms with Gasteiger partial charge in [-0.05, 0) is 44.4 Å². The van der Waals surface area contributed by atoms with Gasteiger partial charge in [-0.2, -0.15) is 0 Å². The summed E-state index contributed by atoms with van der Waals surface area (Å²) in [6, 6.07) is 5.71. The maximum Gasteiger partial charge on any atom is 0.263 e. The predicted octanol–water partition coefficient (Wildman–Crippen LogP) is 2.46. The number of ether oxygens (including phenoxy) is 2. The summed E-state index contributed by atoms with van der Waals surface area (Å²) in [6.45, 7) is 2.85. The number of methoxy groups -OCH3 is 2. The second kappa shape index (κ2) is 8.41. The summed E-state index contributed by atoms with van der Waals surface area (Å²) in [6.07, 6.45) is 4.85. The molecular formula is C17H24N2O4. The number of carbonyl (C=O) groups is 1. The SMILES string of the molecule is COc1ccc(/C=N\OCC(=O)N2CCCC[C@H]2C)cc1OC. The molecule has 1 heterocycles. The number of benzene rings is 1. The molecule has 1 aliphatic rings. The maximum absolute atomic E-state index is 12.1. The molecule has 1 saturated heterocycles. The summed E-state index contributed by atoms with van der Waals surface area (Å²) in [5.41, 5.74) is 0.807. The molecule has 0 saturated carbocycles. The van der Waals surface area contributed by atoms with Gasteiger partial charge in [-0.15, -0.1) is 0 Å². The zero-order valence-electron chi connectivity index (χ0n) is 13.9. The Kier molecular flexibility index (Phi) is 6.26. The minimum absolute atomic E-state index is 0.0124. The zero-order valence-corrected chi connectivity index (χ0v) is 13.9. The topological polar surface area (TPSA) is 60.4 Å². The fourth-order valence-electron chi connectivity index (χ4n) is 2.68. The summed E-state index contributed by atoms with van der Waals surface area (Å²) in [4.78, 5) is 19.1. The van der Waals surface area contributed by atoms with E-state index in [-0.39, 0.29) is 18.6 Å². The molecular weight excluding hydrogens is 296 g/mol. The minimum atomic E-state index is -0.0336. The molecule has 126 valence electrons. The average molecular weight is 320 g/mol. The van der Waals surface area contributed by atoms with Gasteiger partial charge in [0, 0.05) is 18.2 Å². The number of piperidine rings is 1. The van der Waals surface area contributed by atoms with Crippen LogP contribution in [0.25, 0.3) is 0 Å². The van der Waals surface area contributed by atoms with Crippen molar-refractivity contribution in [2.24, 2.45) is 5.16 Å². The Labute approximate surface area is 137 Å². The van der Waals surface area contributed by atoms with Crippen LogP contribution in [0.15, 0.2) is 23.4 Å². The van der Waals surface area contributed by atoms with Gasteiger partial charge in [0.2, 0.25) is 0 Å². The van der Waals surface area contributed by atoms with Crippen molar-refractivity contribution in [3.63, 3.8) is 0 Å².